The molecule has 0 spiro atoms. The van der Waals surface area contributed by atoms with E-state index in [4.69, 9.17) is 5.73 Å². The SMILES string of the molecule is Cc1nc(C(=O)N(C)[C@@H](C)CCCc2nc3c4cc(F)cc(F)c4nc(N)n3n2)ns1. The lowest BCUT2D eigenvalue weighted by molar-refractivity contribution is 0.0725. The van der Waals surface area contributed by atoms with Gasteiger partial charge in [-0.1, -0.05) is 0 Å². The third kappa shape index (κ3) is 4.02. The van der Waals surface area contributed by atoms with Crippen molar-refractivity contribution < 1.29 is 13.6 Å². The van der Waals surface area contributed by atoms with Gasteiger partial charge in [0.25, 0.3) is 5.91 Å². The average molecular weight is 446 g/mol. The number of hydrogen-bond donors (Lipinski definition) is 1. The Bertz CT molecular complexity index is 1290. The Morgan fingerprint density at radius 1 is 1.29 bits per heavy atom. The van der Waals surface area contributed by atoms with Crippen molar-refractivity contribution in [1.29, 1.82) is 0 Å². The minimum absolute atomic E-state index is 0.0310. The van der Waals surface area contributed by atoms with E-state index in [0.717, 1.165) is 17.1 Å². The van der Waals surface area contributed by atoms with Gasteiger partial charge in [-0.15, -0.1) is 5.10 Å². The highest BCUT2D eigenvalue weighted by atomic mass is 32.1. The van der Waals surface area contributed by atoms with E-state index >= 15 is 0 Å². The van der Waals surface area contributed by atoms with Crippen molar-refractivity contribution in [2.45, 2.75) is 39.2 Å². The van der Waals surface area contributed by atoms with E-state index in [1.807, 2.05) is 6.92 Å². The molecule has 4 aromatic rings. The van der Waals surface area contributed by atoms with Crippen molar-refractivity contribution in [1.82, 2.24) is 33.8 Å². The Kier molecular flexibility index (Phi) is 5.48. The molecule has 1 atom stereocenters. The van der Waals surface area contributed by atoms with E-state index in [1.54, 1.807) is 18.9 Å². The number of amides is 1. The van der Waals surface area contributed by atoms with Crippen LogP contribution in [0.3, 0.4) is 0 Å². The third-order valence-electron chi connectivity index (χ3n) is 5.09. The first kappa shape index (κ1) is 21.0. The van der Waals surface area contributed by atoms with Crippen LogP contribution in [-0.2, 0) is 6.42 Å². The average Bonchev–Trinajstić information content (AvgIpc) is 3.35. The van der Waals surface area contributed by atoms with Crippen LogP contribution in [0.1, 0.15) is 41.2 Å². The van der Waals surface area contributed by atoms with Gasteiger partial charge in [-0.25, -0.2) is 23.7 Å². The molecule has 0 unspecified atom stereocenters. The fourth-order valence-corrected chi connectivity index (χ4v) is 3.76. The van der Waals surface area contributed by atoms with Crippen LogP contribution in [0, 0.1) is 18.6 Å². The minimum atomic E-state index is -0.805. The molecule has 162 valence electrons. The standard InChI is InChI=1S/C19H20F2N8OS/c1-9(28(3)18(30)16-23-10(2)31-27-16)5-4-6-14-24-17-12-7-11(20)8-13(21)15(12)25-19(22)29(17)26-14/h7-9H,4-6H2,1-3H3,(H2,22,25)/t9-/m0/s1. The van der Waals surface area contributed by atoms with Gasteiger partial charge in [-0.3, -0.25) is 4.79 Å². The van der Waals surface area contributed by atoms with Crippen molar-refractivity contribution in [2.24, 2.45) is 0 Å². The van der Waals surface area contributed by atoms with Crippen LogP contribution in [-0.4, -0.2) is 52.8 Å². The van der Waals surface area contributed by atoms with Gasteiger partial charge < -0.3 is 10.6 Å². The minimum Gasteiger partial charge on any atom is -0.368 e. The molecule has 1 amide bonds. The molecule has 0 fully saturated rings. The second kappa shape index (κ2) is 8.10. The van der Waals surface area contributed by atoms with Crippen molar-refractivity contribution in [3.05, 3.63) is 40.4 Å². The Balaban J connectivity index is 1.47. The lowest BCUT2D eigenvalue weighted by Gasteiger charge is -2.23. The van der Waals surface area contributed by atoms with Gasteiger partial charge in [0.15, 0.2) is 17.3 Å². The van der Waals surface area contributed by atoms with Crippen molar-refractivity contribution >= 4 is 39.9 Å². The number of fused-ring (bicyclic) bond motifs is 3. The van der Waals surface area contributed by atoms with Crippen LogP contribution < -0.4 is 5.73 Å². The van der Waals surface area contributed by atoms with Crippen LogP contribution in [0.25, 0.3) is 16.6 Å². The molecular weight excluding hydrogens is 426 g/mol. The van der Waals surface area contributed by atoms with Crippen molar-refractivity contribution in [2.75, 3.05) is 12.8 Å². The molecule has 4 rings (SSSR count). The highest BCUT2D eigenvalue weighted by Gasteiger charge is 2.21. The van der Waals surface area contributed by atoms with E-state index in [2.05, 4.69) is 24.4 Å². The van der Waals surface area contributed by atoms with E-state index < -0.39 is 11.6 Å². The Morgan fingerprint density at radius 2 is 2.06 bits per heavy atom. The summed E-state index contributed by atoms with van der Waals surface area (Å²) in [5, 5.41) is 5.27. The second-order valence-electron chi connectivity index (χ2n) is 7.31. The summed E-state index contributed by atoms with van der Waals surface area (Å²) in [6.45, 7) is 3.74. The van der Waals surface area contributed by atoms with Crippen molar-refractivity contribution in [3.63, 3.8) is 0 Å². The van der Waals surface area contributed by atoms with Gasteiger partial charge in [-0.05, 0) is 44.3 Å². The molecular formula is C19H20F2N8OS. The predicted octanol–water partition coefficient (Wildman–Crippen LogP) is 2.78. The lowest BCUT2D eigenvalue weighted by Crippen LogP contribution is -2.35. The number of halogens is 2. The Labute approximate surface area is 180 Å². The van der Waals surface area contributed by atoms with Crippen LogP contribution in [0.2, 0.25) is 0 Å². The summed E-state index contributed by atoms with van der Waals surface area (Å²) in [6.07, 6.45) is 1.88. The lowest BCUT2D eigenvalue weighted by atomic mass is 10.1. The van der Waals surface area contributed by atoms with Gasteiger partial charge in [0.1, 0.15) is 16.3 Å². The van der Waals surface area contributed by atoms with Crippen molar-refractivity contribution in [3.8, 4) is 0 Å². The van der Waals surface area contributed by atoms with Gasteiger partial charge in [-0.2, -0.15) is 8.89 Å². The normalized spacial score (nSPS) is 12.5. The molecule has 0 saturated heterocycles. The maximum Gasteiger partial charge on any atom is 0.292 e. The number of benzene rings is 1. The number of nitrogens with two attached hydrogens (primary N) is 1. The molecule has 3 aromatic heterocycles. The molecule has 31 heavy (non-hydrogen) atoms. The van der Waals surface area contributed by atoms with Gasteiger partial charge in [0.2, 0.25) is 11.8 Å². The molecule has 3 heterocycles. The second-order valence-corrected chi connectivity index (χ2v) is 8.27. The van der Waals surface area contributed by atoms with Gasteiger partial charge in [0, 0.05) is 25.6 Å². The van der Waals surface area contributed by atoms with Crippen LogP contribution in [0.4, 0.5) is 14.7 Å². The molecule has 0 saturated carbocycles. The first-order valence-electron chi connectivity index (χ1n) is 9.62. The summed E-state index contributed by atoms with van der Waals surface area (Å²) in [7, 11) is 1.72. The van der Waals surface area contributed by atoms with E-state index in [1.165, 1.54) is 16.0 Å². The first-order valence-corrected chi connectivity index (χ1v) is 10.4. The van der Waals surface area contributed by atoms with Crippen LogP contribution >= 0.6 is 11.5 Å². The zero-order chi connectivity index (χ0) is 22.3. The number of aryl methyl sites for hydroxylation is 2. The summed E-state index contributed by atoms with van der Waals surface area (Å²) in [5.74, 6) is -1.11. The predicted molar refractivity (Wildman–Crippen MR) is 112 cm³/mol. The van der Waals surface area contributed by atoms with Gasteiger partial charge in [0.05, 0.1) is 5.39 Å². The fraction of sp³-hybridized carbons (Fsp3) is 0.368. The largest absolute Gasteiger partial charge is 0.368 e. The number of hydrogen-bond acceptors (Lipinski definition) is 8. The number of nitrogens with zero attached hydrogens (tertiary/aromatic N) is 7. The Hall–Kier alpha value is -3.28. The van der Waals surface area contributed by atoms with E-state index in [0.29, 0.717) is 25.1 Å². The van der Waals surface area contributed by atoms with Crippen LogP contribution in [0.15, 0.2) is 12.1 Å². The molecule has 12 heteroatoms. The zero-order valence-corrected chi connectivity index (χ0v) is 18.0. The van der Waals surface area contributed by atoms with Gasteiger partial charge >= 0.3 is 0 Å². The molecule has 0 aliphatic heterocycles. The summed E-state index contributed by atoms with van der Waals surface area (Å²) in [6, 6.07) is 1.86. The van der Waals surface area contributed by atoms with Crippen LogP contribution in [0.5, 0.6) is 0 Å². The monoisotopic (exact) mass is 446 g/mol. The summed E-state index contributed by atoms with van der Waals surface area (Å²) in [5.41, 5.74) is 6.08. The smallest absolute Gasteiger partial charge is 0.292 e. The number of anilines is 1. The molecule has 0 aliphatic carbocycles. The highest BCUT2D eigenvalue weighted by molar-refractivity contribution is 7.05. The third-order valence-corrected chi connectivity index (χ3v) is 5.71. The molecule has 0 bridgehead atoms. The molecule has 1 aromatic carbocycles. The number of nitrogen functional groups attached to an aromatic ring is 1. The zero-order valence-electron chi connectivity index (χ0n) is 17.1. The number of carbonyl (C=O) groups excluding carboxylic acids is 1. The molecule has 0 radical (unpaired) electrons. The quantitative estimate of drug-likeness (QED) is 0.484. The summed E-state index contributed by atoms with van der Waals surface area (Å²) < 4.78 is 33.1. The van der Waals surface area contributed by atoms with E-state index in [9.17, 15) is 13.6 Å². The fourth-order valence-electron chi connectivity index (χ4n) is 3.30. The Morgan fingerprint density at radius 3 is 2.77 bits per heavy atom. The topological polar surface area (TPSA) is 115 Å². The first-order chi connectivity index (χ1) is 14.7. The number of aromatic nitrogens is 6. The summed E-state index contributed by atoms with van der Waals surface area (Å²) >= 11 is 1.19. The maximum absolute atomic E-state index is 14.1. The van der Waals surface area contributed by atoms with E-state index in [-0.39, 0.29) is 40.3 Å². The maximum atomic E-state index is 14.1. The number of carbonyl (C=O) groups is 1. The molecule has 2 N–H and O–H groups in total. The number of rotatable bonds is 6. The molecule has 0 aliphatic rings. The highest BCUT2D eigenvalue weighted by Crippen LogP contribution is 2.23. The molecule has 9 nitrogen and oxygen atoms in total. The summed E-state index contributed by atoms with van der Waals surface area (Å²) in [4.78, 5) is 26.6.